The molecule has 0 N–H and O–H groups in total. The number of alkyl halides is 1. The van der Waals surface area contributed by atoms with Crippen molar-refractivity contribution < 1.29 is 13.2 Å². The summed E-state index contributed by atoms with van der Waals surface area (Å²) in [5.41, 5.74) is 1.69. The molecule has 0 aliphatic carbocycles. The lowest BCUT2D eigenvalue weighted by molar-refractivity contribution is 0.415. The van der Waals surface area contributed by atoms with Gasteiger partial charge in [0.2, 0.25) is 0 Å². The van der Waals surface area contributed by atoms with Crippen molar-refractivity contribution in [1.29, 1.82) is 0 Å². The molecular formula is C13H15ClN2O3S. The molecule has 1 aliphatic rings. The van der Waals surface area contributed by atoms with Gasteiger partial charge in [-0.25, -0.2) is 13.4 Å². The zero-order valence-corrected chi connectivity index (χ0v) is 12.6. The molecular weight excluding hydrogens is 300 g/mol. The van der Waals surface area contributed by atoms with E-state index < -0.39 is 9.84 Å². The average Bonchev–Trinajstić information content (AvgIpc) is 2.97. The van der Waals surface area contributed by atoms with Crippen LogP contribution in [-0.4, -0.2) is 36.6 Å². The van der Waals surface area contributed by atoms with Crippen LogP contribution >= 0.6 is 11.6 Å². The molecule has 2 heterocycles. The highest BCUT2D eigenvalue weighted by molar-refractivity contribution is 7.91. The van der Waals surface area contributed by atoms with Gasteiger partial charge in [-0.05, 0) is 18.6 Å². The fourth-order valence-electron chi connectivity index (χ4n) is 2.73. The monoisotopic (exact) mass is 314 g/mol. The Bertz CT molecular complexity index is 754. The van der Waals surface area contributed by atoms with Crippen molar-refractivity contribution in [3.8, 4) is 5.75 Å². The zero-order valence-electron chi connectivity index (χ0n) is 11.0. The molecule has 1 unspecified atom stereocenters. The van der Waals surface area contributed by atoms with Gasteiger partial charge in [-0.3, -0.25) is 0 Å². The third-order valence-electron chi connectivity index (χ3n) is 3.66. The number of hydrogen-bond acceptors (Lipinski definition) is 4. The lowest BCUT2D eigenvalue weighted by Crippen LogP contribution is -2.13. The van der Waals surface area contributed by atoms with Gasteiger partial charge < -0.3 is 9.30 Å². The van der Waals surface area contributed by atoms with E-state index in [1.165, 1.54) is 0 Å². The molecule has 0 saturated carbocycles. The van der Waals surface area contributed by atoms with Crippen LogP contribution in [0, 0.1) is 0 Å². The second-order valence-corrected chi connectivity index (χ2v) is 7.44. The maximum Gasteiger partial charge on any atom is 0.152 e. The fraction of sp³-hybridized carbons (Fsp3) is 0.462. The van der Waals surface area contributed by atoms with Gasteiger partial charge in [-0.1, -0.05) is 0 Å². The molecule has 108 valence electrons. The summed E-state index contributed by atoms with van der Waals surface area (Å²) >= 11 is 5.96. The number of imidazole rings is 1. The summed E-state index contributed by atoms with van der Waals surface area (Å²) in [6.45, 7) is 0. The Hall–Kier alpha value is -1.27. The van der Waals surface area contributed by atoms with Crippen LogP contribution in [0.2, 0.25) is 0 Å². The van der Waals surface area contributed by atoms with Crippen LogP contribution in [0.5, 0.6) is 5.75 Å². The topological polar surface area (TPSA) is 61.2 Å². The van der Waals surface area contributed by atoms with E-state index in [-0.39, 0.29) is 23.4 Å². The molecule has 2 aromatic rings. The van der Waals surface area contributed by atoms with E-state index in [9.17, 15) is 8.42 Å². The second-order valence-electron chi connectivity index (χ2n) is 4.94. The van der Waals surface area contributed by atoms with Crippen LogP contribution in [0.4, 0.5) is 0 Å². The molecule has 20 heavy (non-hydrogen) atoms. The summed E-state index contributed by atoms with van der Waals surface area (Å²) in [4.78, 5) is 4.48. The summed E-state index contributed by atoms with van der Waals surface area (Å²) in [7, 11) is -1.35. The van der Waals surface area contributed by atoms with Crippen LogP contribution in [0.25, 0.3) is 11.0 Å². The molecule has 0 bridgehead atoms. The Balaban J connectivity index is 2.16. The van der Waals surface area contributed by atoms with Crippen molar-refractivity contribution in [3.05, 3.63) is 24.0 Å². The molecule has 7 heteroatoms. The van der Waals surface area contributed by atoms with Crippen molar-refractivity contribution in [3.63, 3.8) is 0 Å². The summed E-state index contributed by atoms with van der Waals surface area (Å²) in [6, 6.07) is 5.49. The number of aromatic nitrogens is 2. The number of benzene rings is 1. The molecule has 1 aromatic heterocycles. The maximum absolute atomic E-state index is 11.7. The Labute approximate surface area is 122 Å². The molecule has 0 amide bonds. The first-order valence-electron chi connectivity index (χ1n) is 6.35. The van der Waals surface area contributed by atoms with E-state index in [0.717, 1.165) is 16.8 Å². The fourth-order valence-corrected chi connectivity index (χ4v) is 4.62. The van der Waals surface area contributed by atoms with Gasteiger partial charge >= 0.3 is 0 Å². The Kier molecular flexibility index (Phi) is 3.38. The number of fused-ring (bicyclic) bond motifs is 1. The van der Waals surface area contributed by atoms with Gasteiger partial charge in [0.1, 0.15) is 11.6 Å². The minimum atomic E-state index is -2.95. The van der Waals surface area contributed by atoms with Crippen LogP contribution in [0.1, 0.15) is 18.3 Å². The molecule has 1 fully saturated rings. The van der Waals surface area contributed by atoms with Crippen molar-refractivity contribution >= 4 is 32.5 Å². The SMILES string of the molecule is COc1ccc2nc(CCl)n(C3CCS(=O)(=O)C3)c2c1. The largest absolute Gasteiger partial charge is 0.497 e. The Morgan fingerprint density at radius 2 is 2.30 bits per heavy atom. The average molecular weight is 315 g/mol. The predicted octanol–water partition coefficient (Wildman–Crippen LogP) is 2.14. The van der Waals surface area contributed by atoms with Crippen LogP contribution < -0.4 is 4.74 Å². The third kappa shape index (κ3) is 2.27. The van der Waals surface area contributed by atoms with E-state index in [1.807, 2.05) is 22.8 Å². The van der Waals surface area contributed by atoms with Crippen molar-refractivity contribution in [2.75, 3.05) is 18.6 Å². The standard InChI is InChI=1S/C13H15ClN2O3S/c1-19-10-2-3-11-12(6-10)16(13(7-14)15-11)9-4-5-20(17,18)8-9/h2-3,6,9H,4-5,7-8H2,1H3. The van der Waals surface area contributed by atoms with Gasteiger partial charge in [-0.15, -0.1) is 11.6 Å². The maximum atomic E-state index is 11.7. The molecule has 1 saturated heterocycles. The van der Waals surface area contributed by atoms with E-state index in [1.54, 1.807) is 7.11 Å². The van der Waals surface area contributed by atoms with Gasteiger partial charge in [0.25, 0.3) is 0 Å². The lowest BCUT2D eigenvalue weighted by Gasteiger charge is -2.14. The first kappa shape index (κ1) is 13.7. The summed E-state index contributed by atoms with van der Waals surface area (Å²) in [5.74, 6) is 2.06. The lowest BCUT2D eigenvalue weighted by atomic mass is 10.2. The third-order valence-corrected chi connectivity index (χ3v) is 5.65. The number of hydrogen-bond donors (Lipinski definition) is 0. The Morgan fingerprint density at radius 1 is 1.50 bits per heavy atom. The van der Waals surface area contributed by atoms with Gasteiger partial charge in [0.05, 0.1) is 41.6 Å². The van der Waals surface area contributed by atoms with Gasteiger partial charge in [0, 0.05) is 6.07 Å². The van der Waals surface area contributed by atoms with Crippen molar-refractivity contribution in [2.24, 2.45) is 0 Å². The molecule has 0 spiro atoms. The first-order valence-corrected chi connectivity index (χ1v) is 8.71. The minimum absolute atomic E-state index is 0.0918. The van der Waals surface area contributed by atoms with Gasteiger partial charge in [0.15, 0.2) is 9.84 Å². The highest BCUT2D eigenvalue weighted by atomic mass is 35.5. The number of ether oxygens (including phenoxy) is 1. The molecule has 3 rings (SSSR count). The zero-order chi connectivity index (χ0) is 14.3. The number of rotatable bonds is 3. The normalized spacial score (nSPS) is 21.4. The van der Waals surface area contributed by atoms with Crippen LogP contribution in [0.3, 0.4) is 0 Å². The van der Waals surface area contributed by atoms with Crippen molar-refractivity contribution in [1.82, 2.24) is 9.55 Å². The quantitative estimate of drug-likeness (QED) is 0.814. The Morgan fingerprint density at radius 3 is 2.90 bits per heavy atom. The first-order chi connectivity index (χ1) is 9.54. The summed E-state index contributed by atoms with van der Waals surface area (Å²) in [5, 5.41) is 0. The smallest absolute Gasteiger partial charge is 0.152 e. The number of halogens is 1. The molecule has 1 aromatic carbocycles. The highest BCUT2D eigenvalue weighted by Gasteiger charge is 2.31. The molecule has 0 radical (unpaired) electrons. The van der Waals surface area contributed by atoms with E-state index in [2.05, 4.69) is 4.98 Å². The number of nitrogens with zero attached hydrogens (tertiary/aromatic N) is 2. The number of methoxy groups -OCH3 is 1. The number of sulfone groups is 1. The molecule has 1 atom stereocenters. The minimum Gasteiger partial charge on any atom is -0.497 e. The van der Waals surface area contributed by atoms with E-state index in [4.69, 9.17) is 16.3 Å². The van der Waals surface area contributed by atoms with Crippen molar-refractivity contribution in [2.45, 2.75) is 18.3 Å². The highest BCUT2D eigenvalue weighted by Crippen LogP contribution is 2.31. The summed E-state index contributed by atoms with van der Waals surface area (Å²) < 4.78 is 30.6. The second kappa shape index (κ2) is 4.93. The predicted molar refractivity (Wildman–Crippen MR) is 78.1 cm³/mol. The van der Waals surface area contributed by atoms with Crippen LogP contribution in [-0.2, 0) is 15.7 Å². The van der Waals surface area contributed by atoms with E-state index >= 15 is 0 Å². The van der Waals surface area contributed by atoms with Gasteiger partial charge in [-0.2, -0.15) is 0 Å². The van der Waals surface area contributed by atoms with Crippen LogP contribution in [0.15, 0.2) is 18.2 Å². The molecule has 1 aliphatic heterocycles. The molecule has 5 nitrogen and oxygen atoms in total. The van der Waals surface area contributed by atoms with E-state index in [0.29, 0.717) is 12.2 Å². The summed E-state index contributed by atoms with van der Waals surface area (Å²) in [6.07, 6.45) is 0.606.